The molecule has 0 bridgehead atoms. The summed E-state index contributed by atoms with van der Waals surface area (Å²) in [5, 5.41) is 0. The zero-order valence-electron chi connectivity index (χ0n) is 5.89. The SMILES string of the molecule is Br.Cc1cc(Br)cc(C)n1. The molecule has 10 heavy (non-hydrogen) atoms. The average Bonchev–Trinajstić information content (AvgIpc) is 1.59. The number of hydrogen-bond donors (Lipinski definition) is 0. The van der Waals surface area contributed by atoms with Crippen LogP contribution in [0.3, 0.4) is 0 Å². The van der Waals surface area contributed by atoms with E-state index in [1.807, 2.05) is 26.0 Å². The maximum atomic E-state index is 4.20. The highest BCUT2D eigenvalue weighted by Gasteiger charge is 1.90. The molecular weight excluding hydrogens is 258 g/mol. The van der Waals surface area contributed by atoms with E-state index in [4.69, 9.17) is 0 Å². The van der Waals surface area contributed by atoms with E-state index in [1.165, 1.54) is 0 Å². The minimum Gasteiger partial charge on any atom is -0.258 e. The van der Waals surface area contributed by atoms with Crippen molar-refractivity contribution >= 4 is 32.9 Å². The Hall–Kier alpha value is 0.110. The van der Waals surface area contributed by atoms with Gasteiger partial charge in [-0.05, 0) is 26.0 Å². The van der Waals surface area contributed by atoms with Crippen molar-refractivity contribution in [2.45, 2.75) is 13.8 Å². The highest BCUT2D eigenvalue weighted by molar-refractivity contribution is 9.10. The molecule has 0 saturated heterocycles. The van der Waals surface area contributed by atoms with Crippen LogP contribution >= 0.6 is 32.9 Å². The van der Waals surface area contributed by atoms with E-state index in [0.717, 1.165) is 15.9 Å². The Morgan fingerprint density at radius 2 is 1.60 bits per heavy atom. The van der Waals surface area contributed by atoms with Gasteiger partial charge in [-0.2, -0.15) is 0 Å². The van der Waals surface area contributed by atoms with Crippen LogP contribution in [0.25, 0.3) is 0 Å². The zero-order valence-corrected chi connectivity index (χ0v) is 9.19. The number of aromatic nitrogens is 1. The monoisotopic (exact) mass is 265 g/mol. The topological polar surface area (TPSA) is 12.9 Å². The van der Waals surface area contributed by atoms with Crippen molar-refractivity contribution < 1.29 is 0 Å². The summed E-state index contributed by atoms with van der Waals surface area (Å²) in [6.07, 6.45) is 0. The second-order valence-electron chi connectivity index (χ2n) is 2.07. The molecule has 1 aromatic heterocycles. The molecule has 0 aliphatic carbocycles. The summed E-state index contributed by atoms with van der Waals surface area (Å²) in [6, 6.07) is 3.99. The molecule has 1 rings (SSSR count). The molecule has 0 aliphatic rings. The first kappa shape index (κ1) is 10.1. The first-order valence-corrected chi connectivity index (χ1v) is 3.58. The van der Waals surface area contributed by atoms with Gasteiger partial charge in [-0.1, -0.05) is 15.9 Å². The molecule has 0 spiro atoms. The zero-order chi connectivity index (χ0) is 6.85. The van der Waals surface area contributed by atoms with Gasteiger partial charge in [0.05, 0.1) is 0 Å². The Bertz CT molecular complexity index is 172. The lowest BCUT2D eigenvalue weighted by Gasteiger charge is -1.94. The Morgan fingerprint density at radius 1 is 1.20 bits per heavy atom. The summed E-state index contributed by atoms with van der Waals surface area (Å²) in [5.41, 5.74) is 2.11. The molecule has 0 amide bonds. The lowest BCUT2D eigenvalue weighted by molar-refractivity contribution is 1.11. The molecule has 0 radical (unpaired) electrons. The Kier molecular flexibility index (Phi) is 4.13. The third-order valence-corrected chi connectivity index (χ3v) is 1.50. The summed E-state index contributed by atoms with van der Waals surface area (Å²) in [7, 11) is 0. The molecule has 1 heterocycles. The Labute approximate surface area is 79.8 Å². The van der Waals surface area contributed by atoms with Crippen LogP contribution in [-0.2, 0) is 0 Å². The fourth-order valence-electron chi connectivity index (χ4n) is 0.783. The molecule has 56 valence electrons. The third kappa shape index (κ3) is 2.80. The van der Waals surface area contributed by atoms with Crippen LogP contribution in [0.5, 0.6) is 0 Å². The molecule has 0 aromatic carbocycles. The fraction of sp³-hybridized carbons (Fsp3) is 0.286. The summed E-state index contributed by atoms with van der Waals surface area (Å²) < 4.78 is 1.10. The highest BCUT2D eigenvalue weighted by atomic mass is 79.9. The minimum atomic E-state index is 0. The second kappa shape index (κ2) is 4.09. The first-order valence-electron chi connectivity index (χ1n) is 2.79. The van der Waals surface area contributed by atoms with E-state index in [9.17, 15) is 0 Å². The van der Waals surface area contributed by atoms with Gasteiger partial charge in [0.1, 0.15) is 0 Å². The van der Waals surface area contributed by atoms with Crippen molar-refractivity contribution in [2.24, 2.45) is 0 Å². The molecule has 0 N–H and O–H groups in total. The van der Waals surface area contributed by atoms with Crippen LogP contribution in [0.1, 0.15) is 11.4 Å². The van der Waals surface area contributed by atoms with E-state index in [1.54, 1.807) is 0 Å². The number of pyridine rings is 1. The molecule has 0 fully saturated rings. The van der Waals surface area contributed by atoms with Gasteiger partial charge in [0, 0.05) is 15.9 Å². The van der Waals surface area contributed by atoms with Gasteiger partial charge in [-0.3, -0.25) is 4.98 Å². The van der Waals surface area contributed by atoms with Gasteiger partial charge in [0.15, 0.2) is 0 Å². The predicted octanol–water partition coefficient (Wildman–Crippen LogP) is 3.04. The number of rotatable bonds is 0. The van der Waals surface area contributed by atoms with Gasteiger partial charge in [0.25, 0.3) is 0 Å². The van der Waals surface area contributed by atoms with Gasteiger partial charge in [-0.15, -0.1) is 17.0 Å². The van der Waals surface area contributed by atoms with Crippen LogP contribution in [-0.4, -0.2) is 4.98 Å². The van der Waals surface area contributed by atoms with E-state index < -0.39 is 0 Å². The number of aryl methyl sites for hydroxylation is 2. The smallest absolute Gasteiger partial charge is 0.0387 e. The summed E-state index contributed by atoms with van der Waals surface area (Å²) >= 11 is 3.37. The van der Waals surface area contributed by atoms with Crippen molar-refractivity contribution in [1.82, 2.24) is 4.98 Å². The van der Waals surface area contributed by atoms with Crippen molar-refractivity contribution in [1.29, 1.82) is 0 Å². The molecular formula is C7H9Br2N. The van der Waals surface area contributed by atoms with Crippen molar-refractivity contribution in [3.63, 3.8) is 0 Å². The number of hydrogen-bond acceptors (Lipinski definition) is 1. The molecule has 1 aromatic rings. The second-order valence-corrected chi connectivity index (χ2v) is 2.98. The van der Waals surface area contributed by atoms with Crippen molar-refractivity contribution in [3.05, 3.63) is 28.0 Å². The van der Waals surface area contributed by atoms with E-state index in [-0.39, 0.29) is 17.0 Å². The summed E-state index contributed by atoms with van der Waals surface area (Å²) in [5.74, 6) is 0. The Morgan fingerprint density at radius 3 is 1.90 bits per heavy atom. The molecule has 0 unspecified atom stereocenters. The molecule has 0 aliphatic heterocycles. The van der Waals surface area contributed by atoms with E-state index >= 15 is 0 Å². The first-order chi connectivity index (χ1) is 4.18. The van der Waals surface area contributed by atoms with Crippen LogP contribution in [0, 0.1) is 13.8 Å². The standard InChI is InChI=1S/C7H8BrN.BrH/c1-5-3-7(8)4-6(2)9-5;/h3-4H,1-2H3;1H. The molecule has 3 heteroatoms. The van der Waals surface area contributed by atoms with E-state index in [0.29, 0.717) is 0 Å². The van der Waals surface area contributed by atoms with Crippen LogP contribution in [0.15, 0.2) is 16.6 Å². The van der Waals surface area contributed by atoms with Gasteiger partial charge < -0.3 is 0 Å². The maximum absolute atomic E-state index is 4.20. The third-order valence-electron chi connectivity index (χ3n) is 1.05. The number of nitrogens with zero attached hydrogens (tertiary/aromatic N) is 1. The largest absolute Gasteiger partial charge is 0.258 e. The predicted molar refractivity (Wildman–Crippen MR) is 51.7 cm³/mol. The summed E-state index contributed by atoms with van der Waals surface area (Å²) in [6.45, 7) is 3.97. The van der Waals surface area contributed by atoms with Gasteiger partial charge >= 0.3 is 0 Å². The van der Waals surface area contributed by atoms with Gasteiger partial charge in [0.2, 0.25) is 0 Å². The minimum absolute atomic E-state index is 0. The van der Waals surface area contributed by atoms with Crippen LogP contribution in [0.4, 0.5) is 0 Å². The molecule has 1 nitrogen and oxygen atoms in total. The summed E-state index contributed by atoms with van der Waals surface area (Å²) in [4.78, 5) is 4.20. The van der Waals surface area contributed by atoms with Gasteiger partial charge in [-0.25, -0.2) is 0 Å². The van der Waals surface area contributed by atoms with Crippen LogP contribution < -0.4 is 0 Å². The Balaban J connectivity index is 0.000000810. The maximum Gasteiger partial charge on any atom is 0.0387 e. The quantitative estimate of drug-likeness (QED) is 0.704. The fourth-order valence-corrected chi connectivity index (χ4v) is 1.45. The number of halogens is 2. The van der Waals surface area contributed by atoms with Crippen molar-refractivity contribution in [2.75, 3.05) is 0 Å². The average molecular weight is 267 g/mol. The normalized spacial score (nSPS) is 8.70. The van der Waals surface area contributed by atoms with E-state index in [2.05, 4.69) is 20.9 Å². The molecule has 0 atom stereocenters. The van der Waals surface area contributed by atoms with Crippen LogP contribution in [0.2, 0.25) is 0 Å². The highest BCUT2D eigenvalue weighted by Crippen LogP contribution is 2.10. The molecule has 0 saturated carbocycles. The lowest BCUT2D eigenvalue weighted by Crippen LogP contribution is -1.83. The van der Waals surface area contributed by atoms with Crippen molar-refractivity contribution in [3.8, 4) is 0 Å². The lowest BCUT2D eigenvalue weighted by atomic mass is 10.3.